The number of nitrogens with two attached hydrogens (primary N) is 1. The average Bonchev–Trinajstić information content (AvgIpc) is 2.54. The highest BCUT2D eigenvalue weighted by Gasteiger charge is 2.37. The van der Waals surface area contributed by atoms with Crippen molar-refractivity contribution in [2.24, 2.45) is 5.73 Å². The van der Waals surface area contributed by atoms with Crippen molar-refractivity contribution in [2.75, 3.05) is 13.7 Å². The van der Waals surface area contributed by atoms with E-state index in [1.165, 1.54) is 7.11 Å². The number of nitriles is 1. The molecule has 6 nitrogen and oxygen atoms in total. The number of rotatable bonds is 4. The minimum atomic E-state index is -0.691. The Balaban J connectivity index is 2.69. The third-order valence-electron chi connectivity index (χ3n) is 3.54. The highest BCUT2D eigenvalue weighted by atomic mass is 16.5. The minimum absolute atomic E-state index is 0.0195. The Morgan fingerprint density at radius 2 is 2.13 bits per heavy atom. The van der Waals surface area contributed by atoms with Gasteiger partial charge in [-0.1, -0.05) is 18.2 Å². The first-order chi connectivity index (χ1) is 11.0. The molecule has 1 aliphatic heterocycles. The summed E-state index contributed by atoms with van der Waals surface area (Å²) in [6, 6.07) is 9.24. The third kappa shape index (κ3) is 2.99. The molecule has 0 aromatic heterocycles. The quantitative estimate of drug-likeness (QED) is 0.857. The fourth-order valence-corrected chi connectivity index (χ4v) is 2.57. The molecule has 0 saturated carbocycles. The van der Waals surface area contributed by atoms with Crippen LogP contribution in [0.25, 0.3) is 0 Å². The van der Waals surface area contributed by atoms with Crippen molar-refractivity contribution in [3.8, 4) is 11.8 Å². The maximum atomic E-state index is 12.2. The van der Waals surface area contributed by atoms with Crippen LogP contribution in [0, 0.1) is 11.3 Å². The van der Waals surface area contributed by atoms with Crippen LogP contribution in [-0.2, 0) is 14.3 Å². The van der Waals surface area contributed by atoms with Gasteiger partial charge in [0.2, 0.25) is 5.88 Å². The molecule has 6 heteroatoms. The Labute approximate surface area is 134 Å². The van der Waals surface area contributed by atoms with Gasteiger partial charge in [-0.2, -0.15) is 5.26 Å². The van der Waals surface area contributed by atoms with Crippen LogP contribution in [0.15, 0.2) is 47.1 Å². The van der Waals surface area contributed by atoms with Gasteiger partial charge in [-0.3, -0.25) is 0 Å². The van der Waals surface area contributed by atoms with Gasteiger partial charge in [0.15, 0.2) is 0 Å². The van der Waals surface area contributed by atoms with Crippen LogP contribution in [0.2, 0.25) is 0 Å². The standard InChI is InChI=1S/C17H18N2O4/c1-4-22-13-8-6-5-7-11(13)15-12(9-18)16(19)23-10(2)14(15)17(20)21-3/h5-8,15H,4,19H2,1-3H3. The summed E-state index contributed by atoms with van der Waals surface area (Å²) in [4.78, 5) is 12.2. The molecule has 1 atom stereocenters. The Morgan fingerprint density at radius 1 is 1.43 bits per heavy atom. The number of nitrogens with zero attached hydrogens (tertiary/aromatic N) is 1. The molecule has 0 fully saturated rings. The van der Waals surface area contributed by atoms with Gasteiger partial charge in [-0.05, 0) is 19.9 Å². The summed E-state index contributed by atoms with van der Waals surface area (Å²) >= 11 is 0. The number of methoxy groups -OCH3 is 1. The summed E-state index contributed by atoms with van der Waals surface area (Å²) in [6.07, 6.45) is 0. The van der Waals surface area contributed by atoms with E-state index in [0.29, 0.717) is 23.7 Å². The SMILES string of the molecule is CCOc1ccccc1C1C(C#N)=C(N)OC(C)=C1C(=O)OC. The molecule has 0 bridgehead atoms. The second kappa shape index (κ2) is 6.88. The van der Waals surface area contributed by atoms with Crippen molar-refractivity contribution < 1.29 is 19.0 Å². The van der Waals surface area contributed by atoms with Crippen LogP contribution in [0.4, 0.5) is 0 Å². The normalized spacial score (nSPS) is 17.4. The van der Waals surface area contributed by atoms with Gasteiger partial charge in [0.05, 0.1) is 25.2 Å². The topological polar surface area (TPSA) is 94.6 Å². The second-order valence-corrected chi connectivity index (χ2v) is 4.86. The highest BCUT2D eigenvalue weighted by Crippen LogP contribution is 2.42. The van der Waals surface area contributed by atoms with E-state index in [1.54, 1.807) is 19.1 Å². The molecular weight excluding hydrogens is 296 g/mol. The zero-order valence-corrected chi connectivity index (χ0v) is 13.3. The Kier molecular flexibility index (Phi) is 4.91. The number of carbonyl (C=O) groups is 1. The van der Waals surface area contributed by atoms with Crippen LogP contribution < -0.4 is 10.5 Å². The molecule has 1 unspecified atom stereocenters. The summed E-state index contributed by atoms with van der Waals surface area (Å²) in [5, 5.41) is 9.49. The lowest BCUT2D eigenvalue weighted by molar-refractivity contribution is -0.136. The van der Waals surface area contributed by atoms with E-state index in [1.807, 2.05) is 25.1 Å². The Morgan fingerprint density at radius 3 is 2.74 bits per heavy atom. The van der Waals surface area contributed by atoms with Crippen molar-refractivity contribution in [1.29, 1.82) is 5.26 Å². The van der Waals surface area contributed by atoms with E-state index in [-0.39, 0.29) is 17.0 Å². The van der Waals surface area contributed by atoms with E-state index in [4.69, 9.17) is 19.9 Å². The lowest BCUT2D eigenvalue weighted by Gasteiger charge is -2.27. The van der Waals surface area contributed by atoms with Crippen molar-refractivity contribution in [3.05, 3.63) is 52.6 Å². The van der Waals surface area contributed by atoms with Gasteiger partial charge in [-0.25, -0.2) is 4.79 Å². The number of esters is 1. The molecule has 0 amide bonds. The van der Waals surface area contributed by atoms with Gasteiger partial charge in [0, 0.05) is 5.56 Å². The first-order valence-electron chi connectivity index (χ1n) is 7.13. The van der Waals surface area contributed by atoms with Gasteiger partial charge in [0.25, 0.3) is 0 Å². The fraction of sp³-hybridized carbons (Fsp3) is 0.294. The van der Waals surface area contributed by atoms with Gasteiger partial charge in [-0.15, -0.1) is 0 Å². The van der Waals surface area contributed by atoms with Crippen LogP contribution in [0.3, 0.4) is 0 Å². The molecule has 0 aliphatic carbocycles. The molecule has 1 aromatic carbocycles. The minimum Gasteiger partial charge on any atom is -0.494 e. The van der Waals surface area contributed by atoms with Crippen LogP contribution in [-0.4, -0.2) is 19.7 Å². The van der Waals surface area contributed by atoms with Crippen molar-refractivity contribution in [1.82, 2.24) is 0 Å². The first kappa shape index (κ1) is 16.4. The zero-order valence-electron chi connectivity index (χ0n) is 13.3. The average molecular weight is 314 g/mol. The van der Waals surface area contributed by atoms with Crippen LogP contribution >= 0.6 is 0 Å². The van der Waals surface area contributed by atoms with E-state index < -0.39 is 11.9 Å². The molecule has 23 heavy (non-hydrogen) atoms. The van der Waals surface area contributed by atoms with Gasteiger partial charge >= 0.3 is 5.97 Å². The number of allylic oxidation sites excluding steroid dienone is 2. The van der Waals surface area contributed by atoms with Crippen LogP contribution in [0.1, 0.15) is 25.3 Å². The Bertz CT molecular complexity index is 728. The number of hydrogen-bond donors (Lipinski definition) is 1. The summed E-state index contributed by atoms with van der Waals surface area (Å²) in [7, 11) is 1.28. The predicted molar refractivity (Wildman–Crippen MR) is 83.0 cm³/mol. The summed E-state index contributed by atoms with van der Waals surface area (Å²) < 4.78 is 15.8. The highest BCUT2D eigenvalue weighted by molar-refractivity contribution is 5.92. The molecule has 120 valence electrons. The monoisotopic (exact) mass is 314 g/mol. The molecule has 2 N–H and O–H groups in total. The number of hydrogen-bond acceptors (Lipinski definition) is 6. The lowest BCUT2D eigenvalue weighted by Crippen LogP contribution is -2.25. The predicted octanol–water partition coefficient (Wildman–Crippen LogP) is 2.34. The largest absolute Gasteiger partial charge is 0.494 e. The van der Waals surface area contributed by atoms with Gasteiger partial charge < -0.3 is 19.9 Å². The van der Waals surface area contributed by atoms with E-state index >= 15 is 0 Å². The summed E-state index contributed by atoms with van der Waals surface area (Å²) in [5.74, 6) is -0.390. The third-order valence-corrected chi connectivity index (χ3v) is 3.54. The smallest absolute Gasteiger partial charge is 0.338 e. The number of carbonyl (C=O) groups excluding carboxylic acids is 1. The molecular formula is C17H18N2O4. The number of para-hydroxylation sites is 1. The molecule has 0 spiro atoms. The maximum Gasteiger partial charge on any atom is 0.338 e. The van der Waals surface area contributed by atoms with Gasteiger partial charge in [0.1, 0.15) is 23.2 Å². The van der Waals surface area contributed by atoms with Crippen LogP contribution in [0.5, 0.6) is 5.75 Å². The first-order valence-corrected chi connectivity index (χ1v) is 7.13. The van der Waals surface area contributed by atoms with E-state index in [2.05, 4.69) is 0 Å². The molecule has 2 rings (SSSR count). The molecule has 0 radical (unpaired) electrons. The number of ether oxygens (including phenoxy) is 3. The summed E-state index contributed by atoms with van der Waals surface area (Å²) in [6.45, 7) is 3.93. The van der Waals surface area contributed by atoms with E-state index in [9.17, 15) is 10.1 Å². The maximum absolute atomic E-state index is 12.2. The molecule has 1 heterocycles. The zero-order chi connectivity index (χ0) is 17.0. The summed E-state index contributed by atoms with van der Waals surface area (Å²) in [5.41, 5.74) is 6.90. The molecule has 1 aliphatic rings. The van der Waals surface area contributed by atoms with E-state index in [0.717, 1.165) is 0 Å². The van der Waals surface area contributed by atoms with Crippen molar-refractivity contribution in [2.45, 2.75) is 19.8 Å². The second-order valence-electron chi connectivity index (χ2n) is 4.86. The molecule has 1 aromatic rings. The molecule has 0 saturated heterocycles. The Hall–Kier alpha value is -2.94. The van der Waals surface area contributed by atoms with Crippen molar-refractivity contribution in [3.63, 3.8) is 0 Å². The fourth-order valence-electron chi connectivity index (χ4n) is 2.57. The van der Waals surface area contributed by atoms with Crippen molar-refractivity contribution >= 4 is 5.97 Å². The number of benzene rings is 1. The lowest BCUT2D eigenvalue weighted by atomic mass is 9.82.